The van der Waals surface area contributed by atoms with Gasteiger partial charge < -0.3 is 14.7 Å². The Bertz CT molecular complexity index is 431. The largest absolute Gasteiger partial charge is 0.497 e. The zero-order chi connectivity index (χ0) is 15.2. The Balaban J connectivity index is 1.85. The van der Waals surface area contributed by atoms with Gasteiger partial charge in [0.1, 0.15) is 5.75 Å². The van der Waals surface area contributed by atoms with Crippen molar-refractivity contribution in [3.05, 3.63) is 24.3 Å². The van der Waals surface area contributed by atoms with Crippen molar-refractivity contribution in [3.63, 3.8) is 0 Å². The van der Waals surface area contributed by atoms with Gasteiger partial charge in [0.15, 0.2) is 0 Å². The molecular formula is C17H28N2O2. The lowest BCUT2D eigenvalue weighted by atomic mass is 10.0. The number of hydrogen-bond acceptors (Lipinski definition) is 4. The standard InChI is InChI=1S/C17H28N2O2/c1-4-14(2)17(20)13-18-8-10-19(11-9-18)15-6-5-7-16(12-15)21-3/h5-7,12,14,17,20H,4,8-11,13H2,1-3H3. The number of hydrogen-bond donors (Lipinski definition) is 1. The SMILES string of the molecule is CCC(C)C(O)CN1CCN(c2cccc(OC)c2)CC1. The van der Waals surface area contributed by atoms with Crippen LogP contribution in [0.4, 0.5) is 5.69 Å². The van der Waals surface area contributed by atoms with Gasteiger partial charge in [0.2, 0.25) is 0 Å². The normalized spacial score (nSPS) is 19.3. The molecule has 1 N–H and O–H groups in total. The lowest BCUT2D eigenvalue weighted by molar-refractivity contribution is 0.0663. The Hall–Kier alpha value is -1.26. The van der Waals surface area contributed by atoms with Crippen LogP contribution in [0.15, 0.2) is 24.3 Å². The molecule has 2 atom stereocenters. The second-order valence-electron chi connectivity index (χ2n) is 5.94. The number of rotatable bonds is 6. The zero-order valence-electron chi connectivity index (χ0n) is 13.5. The van der Waals surface area contributed by atoms with Crippen molar-refractivity contribution < 1.29 is 9.84 Å². The molecule has 1 fully saturated rings. The molecular weight excluding hydrogens is 264 g/mol. The van der Waals surface area contributed by atoms with E-state index in [0.29, 0.717) is 5.92 Å². The van der Waals surface area contributed by atoms with Gasteiger partial charge in [-0.15, -0.1) is 0 Å². The van der Waals surface area contributed by atoms with Crippen molar-refractivity contribution in [3.8, 4) is 5.75 Å². The highest BCUT2D eigenvalue weighted by Gasteiger charge is 2.21. The van der Waals surface area contributed by atoms with Crippen LogP contribution in [0.3, 0.4) is 0 Å². The topological polar surface area (TPSA) is 35.9 Å². The van der Waals surface area contributed by atoms with E-state index in [2.05, 4.69) is 35.8 Å². The van der Waals surface area contributed by atoms with Crippen LogP contribution < -0.4 is 9.64 Å². The number of methoxy groups -OCH3 is 1. The van der Waals surface area contributed by atoms with E-state index in [1.54, 1.807) is 7.11 Å². The van der Waals surface area contributed by atoms with Gasteiger partial charge in [-0.2, -0.15) is 0 Å². The summed E-state index contributed by atoms with van der Waals surface area (Å²) in [6.07, 6.45) is 0.823. The monoisotopic (exact) mass is 292 g/mol. The first-order valence-corrected chi connectivity index (χ1v) is 7.93. The molecule has 0 radical (unpaired) electrons. The number of aliphatic hydroxyl groups is 1. The summed E-state index contributed by atoms with van der Waals surface area (Å²) in [6.45, 7) is 9.06. The predicted octanol–water partition coefficient (Wildman–Crippen LogP) is 2.22. The van der Waals surface area contributed by atoms with Crippen LogP contribution in [0.25, 0.3) is 0 Å². The Morgan fingerprint density at radius 1 is 1.24 bits per heavy atom. The molecule has 4 heteroatoms. The number of aliphatic hydroxyl groups excluding tert-OH is 1. The molecule has 4 nitrogen and oxygen atoms in total. The van der Waals surface area contributed by atoms with Crippen LogP contribution in [0.5, 0.6) is 5.75 Å². The van der Waals surface area contributed by atoms with Gasteiger partial charge in [0.25, 0.3) is 0 Å². The molecule has 1 saturated heterocycles. The van der Waals surface area contributed by atoms with Crippen LogP contribution in [-0.2, 0) is 0 Å². The van der Waals surface area contributed by atoms with E-state index in [1.165, 1.54) is 5.69 Å². The van der Waals surface area contributed by atoms with Gasteiger partial charge in [0, 0.05) is 44.5 Å². The van der Waals surface area contributed by atoms with Gasteiger partial charge in [-0.3, -0.25) is 4.90 Å². The fourth-order valence-electron chi connectivity index (χ4n) is 2.71. The molecule has 118 valence electrons. The van der Waals surface area contributed by atoms with Gasteiger partial charge in [-0.05, 0) is 18.1 Å². The maximum absolute atomic E-state index is 10.1. The van der Waals surface area contributed by atoms with E-state index in [0.717, 1.165) is 44.9 Å². The Morgan fingerprint density at radius 2 is 1.95 bits per heavy atom. The molecule has 2 rings (SSSR count). The number of ether oxygens (including phenoxy) is 1. The molecule has 21 heavy (non-hydrogen) atoms. The smallest absolute Gasteiger partial charge is 0.120 e. The first kappa shape index (κ1) is 16.1. The average Bonchev–Trinajstić information content (AvgIpc) is 2.54. The third kappa shape index (κ3) is 4.35. The highest BCUT2D eigenvalue weighted by atomic mass is 16.5. The summed E-state index contributed by atoms with van der Waals surface area (Å²) in [7, 11) is 1.70. The highest BCUT2D eigenvalue weighted by molar-refractivity contribution is 5.51. The molecule has 2 unspecified atom stereocenters. The lowest BCUT2D eigenvalue weighted by Crippen LogP contribution is -2.49. The van der Waals surface area contributed by atoms with Crippen LogP contribution in [0.2, 0.25) is 0 Å². The molecule has 0 amide bonds. The van der Waals surface area contributed by atoms with E-state index in [-0.39, 0.29) is 6.10 Å². The highest BCUT2D eigenvalue weighted by Crippen LogP contribution is 2.22. The van der Waals surface area contributed by atoms with E-state index in [1.807, 2.05) is 12.1 Å². The molecule has 0 bridgehead atoms. The quantitative estimate of drug-likeness (QED) is 0.872. The van der Waals surface area contributed by atoms with E-state index < -0.39 is 0 Å². The number of nitrogens with zero attached hydrogens (tertiary/aromatic N) is 2. The number of anilines is 1. The van der Waals surface area contributed by atoms with Gasteiger partial charge in [-0.25, -0.2) is 0 Å². The van der Waals surface area contributed by atoms with Gasteiger partial charge in [-0.1, -0.05) is 26.3 Å². The minimum Gasteiger partial charge on any atom is -0.497 e. The molecule has 1 heterocycles. The number of piperazine rings is 1. The van der Waals surface area contributed by atoms with Crippen molar-refractivity contribution >= 4 is 5.69 Å². The second-order valence-corrected chi connectivity index (χ2v) is 5.94. The third-order valence-corrected chi connectivity index (χ3v) is 4.54. The maximum atomic E-state index is 10.1. The first-order chi connectivity index (χ1) is 10.1. The lowest BCUT2D eigenvalue weighted by Gasteiger charge is -2.37. The molecule has 0 aromatic heterocycles. The molecule has 0 saturated carbocycles. The Kier molecular flexibility index (Phi) is 5.88. The summed E-state index contributed by atoms with van der Waals surface area (Å²) in [5.41, 5.74) is 1.22. The van der Waals surface area contributed by atoms with Crippen LogP contribution >= 0.6 is 0 Å². The fourth-order valence-corrected chi connectivity index (χ4v) is 2.71. The molecule has 0 spiro atoms. The van der Waals surface area contributed by atoms with Gasteiger partial charge >= 0.3 is 0 Å². The molecule has 1 aromatic rings. The van der Waals surface area contributed by atoms with E-state index in [4.69, 9.17) is 4.74 Å². The summed E-state index contributed by atoms with van der Waals surface area (Å²) >= 11 is 0. The molecule has 1 aromatic carbocycles. The molecule has 1 aliphatic rings. The minimum atomic E-state index is -0.210. The van der Waals surface area contributed by atoms with Crippen molar-refractivity contribution in [2.75, 3.05) is 44.7 Å². The van der Waals surface area contributed by atoms with Crippen molar-refractivity contribution in [2.24, 2.45) is 5.92 Å². The predicted molar refractivity (Wildman–Crippen MR) is 87.1 cm³/mol. The second kappa shape index (κ2) is 7.66. The average molecular weight is 292 g/mol. The summed E-state index contributed by atoms with van der Waals surface area (Å²) in [5.74, 6) is 1.28. The maximum Gasteiger partial charge on any atom is 0.120 e. The van der Waals surface area contributed by atoms with E-state index in [9.17, 15) is 5.11 Å². The number of β-amino-alcohol motifs (C(OH)–C–C–N with tert-alkyl or cyclic N) is 1. The first-order valence-electron chi connectivity index (χ1n) is 7.93. The third-order valence-electron chi connectivity index (χ3n) is 4.54. The summed E-state index contributed by atoms with van der Waals surface area (Å²) < 4.78 is 5.29. The van der Waals surface area contributed by atoms with Crippen LogP contribution in [-0.4, -0.2) is 55.9 Å². The molecule has 1 aliphatic heterocycles. The zero-order valence-corrected chi connectivity index (χ0v) is 13.5. The van der Waals surface area contributed by atoms with Crippen molar-refractivity contribution in [2.45, 2.75) is 26.4 Å². The number of benzene rings is 1. The van der Waals surface area contributed by atoms with Crippen LogP contribution in [0.1, 0.15) is 20.3 Å². The Labute approximate surface area is 128 Å². The van der Waals surface area contributed by atoms with Crippen molar-refractivity contribution in [1.82, 2.24) is 4.90 Å². The molecule has 0 aliphatic carbocycles. The van der Waals surface area contributed by atoms with Gasteiger partial charge in [0.05, 0.1) is 13.2 Å². The van der Waals surface area contributed by atoms with Crippen LogP contribution in [0, 0.1) is 5.92 Å². The Morgan fingerprint density at radius 3 is 2.57 bits per heavy atom. The fraction of sp³-hybridized carbons (Fsp3) is 0.647. The summed E-state index contributed by atoms with van der Waals surface area (Å²) in [4.78, 5) is 4.75. The summed E-state index contributed by atoms with van der Waals surface area (Å²) in [6, 6.07) is 8.23. The van der Waals surface area contributed by atoms with E-state index >= 15 is 0 Å². The van der Waals surface area contributed by atoms with Crippen molar-refractivity contribution in [1.29, 1.82) is 0 Å². The summed E-state index contributed by atoms with van der Waals surface area (Å²) in [5, 5.41) is 10.1. The minimum absolute atomic E-state index is 0.210.